The summed E-state index contributed by atoms with van der Waals surface area (Å²) in [7, 11) is 0. The maximum Gasteiger partial charge on any atom is 0.224 e. The van der Waals surface area contributed by atoms with E-state index < -0.39 is 5.82 Å². The lowest BCUT2D eigenvalue weighted by Crippen LogP contribution is -2.16. The Kier molecular flexibility index (Phi) is 5.31. The second kappa shape index (κ2) is 7.20. The third-order valence-electron chi connectivity index (χ3n) is 3.11. The Hall–Kier alpha value is -1.91. The van der Waals surface area contributed by atoms with E-state index in [9.17, 15) is 9.18 Å². The van der Waals surface area contributed by atoms with Gasteiger partial charge in [0.25, 0.3) is 0 Å². The topological polar surface area (TPSA) is 55.1 Å². The molecule has 1 atom stereocenters. The van der Waals surface area contributed by atoms with Crippen LogP contribution in [-0.2, 0) is 4.79 Å². The van der Waals surface area contributed by atoms with Crippen molar-refractivity contribution in [3.63, 3.8) is 0 Å². The molecule has 0 spiro atoms. The van der Waals surface area contributed by atoms with Gasteiger partial charge in [-0.15, -0.1) is 0 Å². The van der Waals surface area contributed by atoms with Gasteiger partial charge in [0.2, 0.25) is 5.91 Å². The maximum atomic E-state index is 13.3. The number of benzene rings is 2. The fourth-order valence-electron chi connectivity index (χ4n) is 1.95. The number of halogens is 2. The fourth-order valence-corrected chi connectivity index (χ4v) is 2.07. The molecule has 0 aliphatic rings. The van der Waals surface area contributed by atoms with Crippen molar-refractivity contribution < 1.29 is 9.18 Å². The van der Waals surface area contributed by atoms with Gasteiger partial charge in [-0.3, -0.25) is 4.79 Å². The van der Waals surface area contributed by atoms with Crippen LogP contribution < -0.4 is 11.1 Å². The minimum Gasteiger partial charge on any atom is -0.326 e. The van der Waals surface area contributed by atoms with Crippen molar-refractivity contribution in [1.82, 2.24) is 0 Å². The van der Waals surface area contributed by atoms with Gasteiger partial charge in [0.05, 0.1) is 5.02 Å². The van der Waals surface area contributed by atoms with Crippen LogP contribution in [0.15, 0.2) is 48.5 Å². The molecule has 0 aromatic heterocycles. The Bertz CT molecular complexity index is 619. The van der Waals surface area contributed by atoms with Crippen LogP contribution in [0.25, 0.3) is 0 Å². The molecule has 3 N–H and O–H groups in total. The van der Waals surface area contributed by atoms with E-state index in [-0.39, 0.29) is 23.4 Å². The highest BCUT2D eigenvalue weighted by atomic mass is 35.5. The third-order valence-corrected chi connectivity index (χ3v) is 3.42. The summed E-state index contributed by atoms with van der Waals surface area (Å²) in [6.07, 6.45) is 0.784. The van der Waals surface area contributed by atoms with E-state index in [0.717, 1.165) is 5.56 Å². The van der Waals surface area contributed by atoms with Gasteiger partial charge in [-0.05, 0) is 30.2 Å². The summed E-state index contributed by atoms with van der Waals surface area (Å²) >= 11 is 5.58. The monoisotopic (exact) mass is 306 g/mol. The van der Waals surface area contributed by atoms with E-state index in [2.05, 4.69) is 5.32 Å². The van der Waals surface area contributed by atoms with Crippen molar-refractivity contribution in [2.75, 3.05) is 5.32 Å². The molecule has 0 aliphatic heterocycles. The summed E-state index contributed by atoms with van der Waals surface area (Å²) in [4.78, 5) is 11.8. The average Bonchev–Trinajstić information content (AvgIpc) is 2.49. The molecule has 3 nitrogen and oxygen atoms in total. The standard InChI is InChI=1S/C16H16ClFN2O/c17-13-7-6-12(10-14(13)18)20-16(21)9-8-15(19)11-4-2-1-3-5-11/h1-7,10,15H,8-9,19H2,(H,20,21). The van der Waals surface area contributed by atoms with Crippen LogP contribution in [0.4, 0.5) is 10.1 Å². The van der Waals surface area contributed by atoms with E-state index in [1.165, 1.54) is 12.1 Å². The first-order chi connectivity index (χ1) is 10.1. The summed E-state index contributed by atoms with van der Waals surface area (Å²) in [6, 6.07) is 13.5. The van der Waals surface area contributed by atoms with E-state index in [1.54, 1.807) is 6.07 Å². The first kappa shape index (κ1) is 15.5. The molecule has 1 unspecified atom stereocenters. The summed E-state index contributed by atoms with van der Waals surface area (Å²) in [6.45, 7) is 0. The molecule has 0 radical (unpaired) electrons. The Morgan fingerprint density at radius 1 is 1.24 bits per heavy atom. The Labute approximate surface area is 127 Å². The lowest BCUT2D eigenvalue weighted by Gasteiger charge is -2.12. The van der Waals surface area contributed by atoms with Crippen LogP contribution in [0.2, 0.25) is 5.02 Å². The minimum absolute atomic E-state index is 0.0269. The predicted octanol–water partition coefficient (Wildman–Crippen LogP) is 3.90. The number of carbonyl (C=O) groups is 1. The number of nitrogens with two attached hydrogens (primary N) is 1. The number of rotatable bonds is 5. The summed E-state index contributed by atoms with van der Waals surface area (Å²) < 4.78 is 13.3. The third kappa shape index (κ3) is 4.55. The molecule has 2 rings (SSSR count). The van der Waals surface area contributed by atoms with E-state index >= 15 is 0 Å². The Balaban J connectivity index is 1.86. The molecule has 0 fully saturated rings. The quantitative estimate of drug-likeness (QED) is 0.880. The number of amides is 1. The molecule has 110 valence electrons. The van der Waals surface area contributed by atoms with Crippen molar-refractivity contribution in [1.29, 1.82) is 0 Å². The maximum absolute atomic E-state index is 13.3. The number of anilines is 1. The SMILES string of the molecule is NC(CCC(=O)Nc1ccc(Cl)c(F)c1)c1ccccc1. The molecule has 2 aromatic carbocycles. The molecule has 0 saturated carbocycles. The van der Waals surface area contributed by atoms with Crippen LogP contribution in [0.3, 0.4) is 0 Å². The van der Waals surface area contributed by atoms with Crippen molar-refractivity contribution >= 4 is 23.2 Å². The molecular formula is C16H16ClFN2O. The van der Waals surface area contributed by atoms with Gasteiger partial charge in [0.15, 0.2) is 0 Å². The highest BCUT2D eigenvalue weighted by Gasteiger charge is 2.10. The fraction of sp³-hybridized carbons (Fsp3) is 0.188. The van der Waals surface area contributed by atoms with Crippen molar-refractivity contribution in [2.45, 2.75) is 18.9 Å². The lowest BCUT2D eigenvalue weighted by molar-refractivity contribution is -0.116. The number of carbonyl (C=O) groups excluding carboxylic acids is 1. The predicted molar refractivity (Wildman–Crippen MR) is 82.6 cm³/mol. The molecular weight excluding hydrogens is 291 g/mol. The highest BCUT2D eigenvalue weighted by molar-refractivity contribution is 6.30. The molecule has 21 heavy (non-hydrogen) atoms. The van der Waals surface area contributed by atoms with Crippen LogP contribution in [0, 0.1) is 5.82 Å². The smallest absolute Gasteiger partial charge is 0.224 e. The largest absolute Gasteiger partial charge is 0.326 e. The van der Waals surface area contributed by atoms with Gasteiger partial charge in [-0.1, -0.05) is 41.9 Å². The van der Waals surface area contributed by atoms with E-state index in [1.807, 2.05) is 30.3 Å². The second-order valence-corrected chi connectivity index (χ2v) is 5.14. The molecule has 2 aromatic rings. The highest BCUT2D eigenvalue weighted by Crippen LogP contribution is 2.20. The van der Waals surface area contributed by atoms with Crippen LogP contribution in [0.1, 0.15) is 24.4 Å². The lowest BCUT2D eigenvalue weighted by atomic mass is 10.0. The van der Waals surface area contributed by atoms with Gasteiger partial charge in [-0.25, -0.2) is 4.39 Å². The van der Waals surface area contributed by atoms with Gasteiger partial charge >= 0.3 is 0 Å². The summed E-state index contributed by atoms with van der Waals surface area (Å²) in [5.74, 6) is -0.765. The molecule has 0 bridgehead atoms. The van der Waals surface area contributed by atoms with E-state index in [4.69, 9.17) is 17.3 Å². The van der Waals surface area contributed by atoms with Gasteiger partial charge < -0.3 is 11.1 Å². The van der Waals surface area contributed by atoms with Gasteiger partial charge in [-0.2, -0.15) is 0 Å². The normalized spacial score (nSPS) is 12.0. The van der Waals surface area contributed by atoms with Crippen LogP contribution >= 0.6 is 11.6 Å². The molecule has 0 heterocycles. The zero-order valence-corrected chi connectivity index (χ0v) is 12.1. The van der Waals surface area contributed by atoms with Crippen molar-refractivity contribution in [3.05, 3.63) is 64.9 Å². The van der Waals surface area contributed by atoms with Crippen molar-refractivity contribution in [3.8, 4) is 0 Å². The summed E-state index contributed by atoms with van der Waals surface area (Å²) in [5.41, 5.74) is 7.40. The summed E-state index contributed by atoms with van der Waals surface area (Å²) in [5, 5.41) is 2.65. The average molecular weight is 307 g/mol. The molecule has 0 aliphatic carbocycles. The van der Waals surface area contributed by atoms with E-state index in [0.29, 0.717) is 12.1 Å². The molecule has 5 heteroatoms. The minimum atomic E-state index is -0.560. The number of hydrogen-bond acceptors (Lipinski definition) is 2. The zero-order chi connectivity index (χ0) is 15.2. The van der Waals surface area contributed by atoms with Gasteiger partial charge in [0, 0.05) is 18.2 Å². The van der Waals surface area contributed by atoms with Crippen LogP contribution in [0.5, 0.6) is 0 Å². The second-order valence-electron chi connectivity index (χ2n) is 4.73. The zero-order valence-electron chi connectivity index (χ0n) is 11.4. The Morgan fingerprint density at radius 3 is 2.62 bits per heavy atom. The molecule has 0 saturated heterocycles. The Morgan fingerprint density at radius 2 is 1.95 bits per heavy atom. The number of nitrogens with one attached hydrogen (secondary N) is 1. The number of hydrogen-bond donors (Lipinski definition) is 2. The molecule has 1 amide bonds. The van der Waals surface area contributed by atoms with Gasteiger partial charge in [0.1, 0.15) is 5.82 Å². The first-order valence-corrected chi connectivity index (χ1v) is 6.99. The van der Waals surface area contributed by atoms with Crippen LogP contribution in [-0.4, -0.2) is 5.91 Å². The van der Waals surface area contributed by atoms with Crippen molar-refractivity contribution in [2.24, 2.45) is 5.73 Å². The first-order valence-electron chi connectivity index (χ1n) is 6.61.